The molecule has 0 spiro atoms. The maximum Gasteiger partial charge on any atom is 0.251 e. The molecule has 2 aromatic carbocycles. The largest absolute Gasteiger partial charge is 0.391 e. The Morgan fingerprint density at radius 1 is 1.07 bits per heavy atom. The Labute approximate surface area is 247 Å². The van der Waals surface area contributed by atoms with Crippen molar-refractivity contribution in [1.29, 1.82) is 0 Å². The summed E-state index contributed by atoms with van der Waals surface area (Å²) >= 11 is 0. The molecule has 0 aromatic heterocycles. The maximum atomic E-state index is 13.6. The SMILES string of the molecule is CC(=O)Nc1cc(C(=O)N[C@@H](Cc2ccccc2)[C@H](O)C[C@@H](C)C(=O)NC2CC3CCC2C3)cc(N2CCCC2=O)c1. The van der Waals surface area contributed by atoms with E-state index >= 15 is 0 Å². The molecule has 9 nitrogen and oxygen atoms in total. The van der Waals surface area contributed by atoms with Crippen molar-refractivity contribution < 1.29 is 24.3 Å². The van der Waals surface area contributed by atoms with Crippen LogP contribution >= 0.6 is 0 Å². The molecule has 2 bridgehead atoms. The molecule has 224 valence electrons. The van der Waals surface area contributed by atoms with Crippen molar-refractivity contribution in [2.24, 2.45) is 17.8 Å². The fraction of sp³-hybridized carbons (Fsp3) is 0.515. The molecular weight excluding hydrogens is 532 g/mol. The normalized spacial score (nSPS) is 23.4. The molecule has 9 heteroatoms. The Bertz CT molecular complexity index is 1310. The van der Waals surface area contributed by atoms with Crippen molar-refractivity contribution in [1.82, 2.24) is 10.6 Å². The highest BCUT2D eigenvalue weighted by Gasteiger charge is 2.40. The Kier molecular flexibility index (Phi) is 9.26. The molecule has 0 radical (unpaired) electrons. The van der Waals surface area contributed by atoms with Gasteiger partial charge in [-0.1, -0.05) is 43.7 Å². The van der Waals surface area contributed by atoms with Gasteiger partial charge >= 0.3 is 0 Å². The van der Waals surface area contributed by atoms with Gasteiger partial charge in [0, 0.05) is 48.8 Å². The third-order valence-electron chi connectivity index (χ3n) is 9.07. The summed E-state index contributed by atoms with van der Waals surface area (Å²) in [6, 6.07) is 14.0. The van der Waals surface area contributed by atoms with Gasteiger partial charge in [0.25, 0.3) is 5.91 Å². The van der Waals surface area contributed by atoms with Crippen LogP contribution in [-0.4, -0.2) is 53.5 Å². The number of aliphatic hydroxyl groups excluding tert-OH is 1. The number of carbonyl (C=O) groups is 4. The molecule has 6 atom stereocenters. The number of anilines is 2. The maximum absolute atomic E-state index is 13.6. The monoisotopic (exact) mass is 574 g/mol. The topological polar surface area (TPSA) is 128 Å². The van der Waals surface area contributed by atoms with E-state index in [0.29, 0.717) is 36.7 Å². The number of rotatable bonds is 11. The highest BCUT2D eigenvalue weighted by molar-refractivity contribution is 6.01. The first-order valence-corrected chi connectivity index (χ1v) is 15.2. The predicted molar refractivity (Wildman–Crippen MR) is 161 cm³/mol. The summed E-state index contributed by atoms with van der Waals surface area (Å²) in [5.41, 5.74) is 2.16. The summed E-state index contributed by atoms with van der Waals surface area (Å²) in [5.74, 6) is 0.0477. The zero-order chi connectivity index (χ0) is 29.8. The second-order valence-electron chi connectivity index (χ2n) is 12.4. The summed E-state index contributed by atoms with van der Waals surface area (Å²) in [4.78, 5) is 52.6. The van der Waals surface area contributed by atoms with Crippen LogP contribution in [0.15, 0.2) is 48.5 Å². The van der Waals surface area contributed by atoms with E-state index < -0.39 is 24.0 Å². The molecule has 3 aliphatic rings. The quantitative estimate of drug-likeness (QED) is 0.325. The van der Waals surface area contributed by atoms with Gasteiger partial charge in [-0.05, 0) is 74.1 Å². The van der Waals surface area contributed by atoms with E-state index in [1.165, 1.54) is 26.2 Å². The molecule has 2 aromatic rings. The third-order valence-corrected chi connectivity index (χ3v) is 9.07. The Morgan fingerprint density at radius 3 is 2.50 bits per heavy atom. The summed E-state index contributed by atoms with van der Waals surface area (Å²) in [6.07, 6.45) is 5.43. The van der Waals surface area contributed by atoms with Gasteiger partial charge in [0.15, 0.2) is 0 Å². The number of hydrogen-bond acceptors (Lipinski definition) is 5. The number of amides is 4. The van der Waals surface area contributed by atoms with Crippen molar-refractivity contribution >= 4 is 35.0 Å². The standard InChI is InChI=1S/C33H42N4O5/c1-20(32(41)35-28-16-23-10-11-24(28)14-23)13-30(39)29(15-22-7-4-3-5-8-22)36-33(42)25-17-26(34-21(2)38)19-27(18-25)37-12-6-9-31(37)40/h3-5,7-8,17-20,23-24,28-30,39H,6,9-16H2,1-2H3,(H,34,38)(H,35,41)(H,36,42)/t20-,23?,24?,28?,29+,30-/m1/s1. The lowest BCUT2D eigenvalue weighted by molar-refractivity contribution is -0.126. The van der Waals surface area contributed by atoms with Crippen molar-refractivity contribution in [2.45, 2.75) is 83.4 Å². The molecular formula is C33H42N4O5. The lowest BCUT2D eigenvalue weighted by Gasteiger charge is -2.28. The Balaban J connectivity index is 1.31. The summed E-state index contributed by atoms with van der Waals surface area (Å²) < 4.78 is 0. The second-order valence-corrected chi connectivity index (χ2v) is 12.4. The van der Waals surface area contributed by atoms with Crippen LogP contribution < -0.4 is 20.9 Å². The van der Waals surface area contributed by atoms with E-state index in [9.17, 15) is 24.3 Å². The first-order chi connectivity index (χ1) is 20.2. The van der Waals surface area contributed by atoms with Crippen LogP contribution in [0.1, 0.15) is 74.7 Å². The van der Waals surface area contributed by atoms with E-state index in [-0.39, 0.29) is 35.7 Å². The highest BCUT2D eigenvalue weighted by Crippen LogP contribution is 2.44. The molecule has 3 fully saturated rings. The summed E-state index contributed by atoms with van der Waals surface area (Å²) in [7, 11) is 0. The van der Waals surface area contributed by atoms with Gasteiger partial charge in [-0.2, -0.15) is 0 Å². The number of nitrogens with one attached hydrogen (secondary N) is 3. The van der Waals surface area contributed by atoms with E-state index in [0.717, 1.165) is 24.3 Å². The van der Waals surface area contributed by atoms with Crippen LogP contribution in [0.25, 0.3) is 0 Å². The molecule has 2 aliphatic carbocycles. The fourth-order valence-corrected chi connectivity index (χ4v) is 6.88. The lowest BCUT2D eigenvalue weighted by atomic mass is 9.91. The van der Waals surface area contributed by atoms with Gasteiger partial charge in [0.05, 0.1) is 12.1 Å². The van der Waals surface area contributed by atoms with Crippen molar-refractivity contribution in [2.75, 3.05) is 16.8 Å². The first-order valence-electron chi connectivity index (χ1n) is 15.2. The Morgan fingerprint density at radius 2 is 1.86 bits per heavy atom. The fourth-order valence-electron chi connectivity index (χ4n) is 6.88. The van der Waals surface area contributed by atoms with Crippen LogP contribution in [0.3, 0.4) is 0 Å². The van der Waals surface area contributed by atoms with Gasteiger partial charge in [0.2, 0.25) is 17.7 Å². The van der Waals surface area contributed by atoms with Gasteiger partial charge in [0.1, 0.15) is 0 Å². The van der Waals surface area contributed by atoms with Crippen LogP contribution in [0.5, 0.6) is 0 Å². The van der Waals surface area contributed by atoms with Crippen LogP contribution in [0.4, 0.5) is 11.4 Å². The molecule has 1 saturated heterocycles. The van der Waals surface area contributed by atoms with Crippen molar-refractivity contribution in [3.63, 3.8) is 0 Å². The smallest absolute Gasteiger partial charge is 0.251 e. The highest BCUT2D eigenvalue weighted by atomic mass is 16.3. The number of nitrogens with zero attached hydrogens (tertiary/aromatic N) is 1. The molecule has 1 aliphatic heterocycles. The van der Waals surface area contributed by atoms with Crippen molar-refractivity contribution in [3.05, 3.63) is 59.7 Å². The predicted octanol–water partition coefficient (Wildman–Crippen LogP) is 3.80. The molecule has 3 unspecified atom stereocenters. The van der Waals surface area contributed by atoms with E-state index in [1.807, 2.05) is 37.3 Å². The number of carbonyl (C=O) groups excluding carboxylic acids is 4. The molecule has 4 amide bonds. The van der Waals surface area contributed by atoms with Crippen molar-refractivity contribution in [3.8, 4) is 0 Å². The minimum Gasteiger partial charge on any atom is -0.391 e. The van der Waals surface area contributed by atoms with Gasteiger partial charge in [-0.3, -0.25) is 19.2 Å². The molecule has 42 heavy (non-hydrogen) atoms. The zero-order valence-electron chi connectivity index (χ0n) is 24.5. The summed E-state index contributed by atoms with van der Waals surface area (Å²) in [6.45, 7) is 3.75. The molecule has 1 heterocycles. The van der Waals surface area contributed by atoms with Crippen LogP contribution in [-0.2, 0) is 20.8 Å². The third kappa shape index (κ3) is 7.18. The molecule has 2 saturated carbocycles. The zero-order valence-corrected chi connectivity index (χ0v) is 24.5. The first kappa shape index (κ1) is 29.8. The minimum atomic E-state index is -0.979. The van der Waals surface area contributed by atoms with E-state index in [2.05, 4.69) is 16.0 Å². The van der Waals surface area contributed by atoms with Gasteiger partial charge < -0.3 is 26.0 Å². The summed E-state index contributed by atoms with van der Waals surface area (Å²) in [5, 5.41) is 20.3. The average molecular weight is 575 g/mol. The van der Waals surface area contributed by atoms with E-state index in [4.69, 9.17) is 0 Å². The van der Waals surface area contributed by atoms with Gasteiger partial charge in [-0.25, -0.2) is 0 Å². The Hall–Kier alpha value is -3.72. The number of hydrogen-bond donors (Lipinski definition) is 4. The van der Waals surface area contributed by atoms with Gasteiger partial charge in [-0.15, -0.1) is 0 Å². The van der Waals surface area contributed by atoms with Crippen LogP contribution in [0.2, 0.25) is 0 Å². The lowest BCUT2D eigenvalue weighted by Crippen LogP contribution is -2.47. The number of fused-ring (bicyclic) bond motifs is 2. The number of aliphatic hydroxyl groups is 1. The molecule has 5 rings (SSSR count). The second kappa shape index (κ2) is 13.1. The molecule has 4 N–H and O–H groups in total. The number of benzene rings is 2. The van der Waals surface area contributed by atoms with E-state index in [1.54, 1.807) is 23.1 Å². The minimum absolute atomic E-state index is 0.0311. The van der Waals surface area contributed by atoms with Crippen LogP contribution in [0, 0.1) is 17.8 Å². The average Bonchev–Trinajstić information content (AvgIpc) is 3.70.